The van der Waals surface area contributed by atoms with E-state index in [-0.39, 0.29) is 18.8 Å². The van der Waals surface area contributed by atoms with Crippen LogP contribution in [0, 0.1) is 0 Å². The first-order valence-corrected chi connectivity index (χ1v) is 7.85. The maximum Gasteiger partial charge on any atom is 0.347 e. The van der Waals surface area contributed by atoms with Crippen LogP contribution in [0.2, 0.25) is 0 Å². The number of pyridine rings is 1. The smallest absolute Gasteiger partial charge is 0.347 e. The van der Waals surface area contributed by atoms with Crippen molar-refractivity contribution in [2.75, 3.05) is 25.6 Å². The van der Waals surface area contributed by atoms with Gasteiger partial charge in [0.15, 0.2) is 5.57 Å². The van der Waals surface area contributed by atoms with Crippen LogP contribution in [0.25, 0.3) is 10.8 Å². The Morgan fingerprint density at radius 3 is 2.24 bits per heavy atom. The van der Waals surface area contributed by atoms with Crippen molar-refractivity contribution in [1.82, 2.24) is 4.98 Å². The Morgan fingerprint density at radius 1 is 1.08 bits per heavy atom. The highest BCUT2D eigenvalue weighted by Gasteiger charge is 2.21. The Morgan fingerprint density at radius 2 is 1.68 bits per heavy atom. The van der Waals surface area contributed by atoms with Gasteiger partial charge in [0.1, 0.15) is 11.6 Å². The molecule has 0 atom stereocenters. The molecule has 0 saturated carbocycles. The topological polar surface area (TPSA) is 86.8 Å². The lowest BCUT2D eigenvalue weighted by Gasteiger charge is -2.10. The van der Waals surface area contributed by atoms with Gasteiger partial charge in [-0.15, -0.1) is 0 Å². The molecule has 0 bridgehead atoms. The molecule has 0 radical (unpaired) electrons. The van der Waals surface area contributed by atoms with E-state index >= 15 is 0 Å². The summed E-state index contributed by atoms with van der Waals surface area (Å²) < 4.78 is 15.1. The maximum atomic E-state index is 12.0. The number of carbonyl (C=O) groups excluding carboxylic acids is 2. The third-order valence-electron chi connectivity index (χ3n) is 3.32. The van der Waals surface area contributed by atoms with E-state index < -0.39 is 11.9 Å². The zero-order valence-corrected chi connectivity index (χ0v) is 14.4. The lowest BCUT2D eigenvalue weighted by molar-refractivity contribution is -0.146. The molecule has 1 aromatic heterocycles. The molecule has 1 N–H and O–H groups in total. The quantitative estimate of drug-likeness (QED) is 0.357. The number of ether oxygens (including phenoxy) is 3. The molecule has 0 aliphatic rings. The van der Waals surface area contributed by atoms with Gasteiger partial charge in [-0.1, -0.05) is 24.3 Å². The zero-order valence-electron chi connectivity index (χ0n) is 14.4. The maximum absolute atomic E-state index is 12.0. The summed E-state index contributed by atoms with van der Waals surface area (Å²) in [4.78, 5) is 28.2. The predicted octanol–water partition coefficient (Wildman–Crippen LogP) is 2.67. The first-order valence-electron chi connectivity index (χ1n) is 7.85. The Balaban J connectivity index is 2.38. The number of hydrogen-bond acceptors (Lipinski definition) is 7. The van der Waals surface area contributed by atoms with Gasteiger partial charge in [-0.05, 0) is 13.8 Å². The van der Waals surface area contributed by atoms with Crippen molar-refractivity contribution in [1.29, 1.82) is 0 Å². The molecular formula is C18H20N2O5. The molecule has 0 saturated heterocycles. The molecule has 2 rings (SSSR count). The second-order valence-corrected chi connectivity index (χ2v) is 4.86. The summed E-state index contributed by atoms with van der Waals surface area (Å²) in [6.07, 6.45) is 2.81. The number of methoxy groups -OCH3 is 1. The van der Waals surface area contributed by atoms with E-state index in [0.717, 1.165) is 10.8 Å². The SMILES string of the molecule is CCOC(=O)C(=CNc1ncc(OC)c2ccccc12)C(=O)OCC. The van der Waals surface area contributed by atoms with E-state index in [4.69, 9.17) is 14.2 Å². The number of nitrogens with one attached hydrogen (secondary N) is 1. The van der Waals surface area contributed by atoms with Crippen LogP contribution in [-0.2, 0) is 19.1 Å². The summed E-state index contributed by atoms with van der Waals surface area (Å²) in [6.45, 7) is 3.62. The molecule has 7 nitrogen and oxygen atoms in total. The van der Waals surface area contributed by atoms with Crippen molar-refractivity contribution >= 4 is 28.5 Å². The van der Waals surface area contributed by atoms with Crippen LogP contribution < -0.4 is 10.1 Å². The predicted molar refractivity (Wildman–Crippen MR) is 93.3 cm³/mol. The third kappa shape index (κ3) is 4.26. The van der Waals surface area contributed by atoms with Crippen LogP contribution in [0.3, 0.4) is 0 Å². The largest absolute Gasteiger partial charge is 0.494 e. The number of nitrogens with zero attached hydrogens (tertiary/aromatic N) is 1. The minimum atomic E-state index is -0.758. The van der Waals surface area contributed by atoms with Crippen molar-refractivity contribution in [3.8, 4) is 5.75 Å². The Hall–Kier alpha value is -3.09. The highest BCUT2D eigenvalue weighted by Crippen LogP contribution is 2.29. The molecule has 1 aromatic carbocycles. The summed E-state index contributed by atoms with van der Waals surface area (Å²) in [5.74, 6) is -0.416. The van der Waals surface area contributed by atoms with E-state index in [0.29, 0.717) is 11.6 Å². The first-order chi connectivity index (χ1) is 12.1. The summed E-state index contributed by atoms with van der Waals surface area (Å²) in [7, 11) is 1.57. The zero-order chi connectivity index (χ0) is 18.2. The average Bonchev–Trinajstić information content (AvgIpc) is 2.62. The molecule has 25 heavy (non-hydrogen) atoms. The number of aromatic nitrogens is 1. The molecule has 0 spiro atoms. The molecule has 0 aliphatic carbocycles. The summed E-state index contributed by atoms with van der Waals surface area (Å²) in [5.41, 5.74) is -0.231. The first kappa shape index (κ1) is 18.3. The summed E-state index contributed by atoms with van der Waals surface area (Å²) in [5, 5.41) is 4.52. The number of rotatable bonds is 7. The summed E-state index contributed by atoms with van der Waals surface area (Å²) >= 11 is 0. The van der Waals surface area contributed by atoms with E-state index in [1.54, 1.807) is 27.2 Å². The molecule has 1 heterocycles. The lowest BCUT2D eigenvalue weighted by Crippen LogP contribution is -2.19. The number of esters is 2. The fraction of sp³-hybridized carbons (Fsp3) is 0.278. The van der Waals surface area contributed by atoms with Crippen LogP contribution in [0.1, 0.15) is 13.8 Å². The second-order valence-electron chi connectivity index (χ2n) is 4.86. The Kier molecular flexibility index (Phi) is 6.33. The van der Waals surface area contributed by atoms with Crippen LogP contribution in [-0.4, -0.2) is 37.2 Å². The molecule has 0 aliphatic heterocycles. The Bertz CT molecular complexity index is 781. The van der Waals surface area contributed by atoms with Crippen LogP contribution in [0.15, 0.2) is 42.2 Å². The van der Waals surface area contributed by atoms with Gasteiger partial charge >= 0.3 is 11.9 Å². The fourth-order valence-corrected chi connectivity index (χ4v) is 2.20. The van der Waals surface area contributed by atoms with Crippen LogP contribution in [0.4, 0.5) is 5.82 Å². The molecule has 0 fully saturated rings. The van der Waals surface area contributed by atoms with Gasteiger partial charge in [-0.2, -0.15) is 0 Å². The van der Waals surface area contributed by atoms with Crippen molar-refractivity contribution in [3.05, 3.63) is 42.2 Å². The van der Waals surface area contributed by atoms with Gasteiger partial charge in [-0.3, -0.25) is 0 Å². The van der Waals surface area contributed by atoms with Gasteiger partial charge < -0.3 is 19.5 Å². The number of anilines is 1. The van der Waals surface area contributed by atoms with Gasteiger partial charge in [0, 0.05) is 17.0 Å². The molecule has 2 aromatic rings. The number of fused-ring (bicyclic) bond motifs is 1. The number of carbonyl (C=O) groups is 2. The second kappa shape index (κ2) is 8.68. The van der Waals surface area contributed by atoms with Crippen LogP contribution in [0.5, 0.6) is 5.75 Å². The highest BCUT2D eigenvalue weighted by atomic mass is 16.6. The highest BCUT2D eigenvalue weighted by molar-refractivity contribution is 6.14. The van der Waals surface area contributed by atoms with Crippen molar-refractivity contribution < 1.29 is 23.8 Å². The molecule has 0 unspecified atom stereocenters. The average molecular weight is 344 g/mol. The molecular weight excluding hydrogens is 324 g/mol. The molecule has 7 heteroatoms. The number of benzene rings is 1. The van der Waals surface area contributed by atoms with Gasteiger partial charge in [0.2, 0.25) is 0 Å². The lowest BCUT2D eigenvalue weighted by atomic mass is 10.1. The van der Waals surface area contributed by atoms with E-state index in [2.05, 4.69) is 10.3 Å². The van der Waals surface area contributed by atoms with E-state index in [1.807, 2.05) is 24.3 Å². The van der Waals surface area contributed by atoms with Crippen LogP contribution >= 0.6 is 0 Å². The molecule has 0 amide bonds. The fourth-order valence-electron chi connectivity index (χ4n) is 2.20. The number of hydrogen-bond donors (Lipinski definition) is 1. The summed E-state index contributed by atoms with van der Waals surface area (Å²) in [6, 6.07) is 7.49. The Labute approximate surface area is 145 Å². The molecule has 132 valence electrons. The minimum Gasteiger partial charge on any atom is -0.494 e. The van der Waals surface area contributed by atoms with Gasteiger partial charge in [0.25, 0.3) is 0 Å². The monoisotopic (exact) mass is 344 g/mol. The van der Waals surface area contributed by atoms with Gasteiger partial charge in [-0.25, -0.2) is 14.6 Å². The van der Waals surface area contributed by atoms with Crippen molar-refractivity contribution in [3.63, 3.8) is 0 Å². The normalized spacial score (nSPS) is 10.0. The van der Waals surface area contributed by atoms with Crippen molar-refractivity contribution in [2.45, 2.75) is 13.8 Å². The van der Waals surface area contributed by atoms with E-state index in [1.165, 1.54) is 6.20 Å². The van der Waals surface area contributed by atoms with E-state index in [9.17, 15) is 9.59 Å². The standard InChI is InChI=1S/C18H20N2O5/c1-4-24-17(21)14(18(22)25-5-2)10-19-16-13-9-7-6-8-12(13)15(23-3)11-20-16/h6-11H,4-5H2,1-3H3,(H,19,20). The third-order valence-corrected chi connectivity index (χ3v) is 3.32. The van der Waals surface area contributed by atoms with Crippen molar-refractivity contribution in [2.24, 2.45) is 0 Å². The minimum absolute atomic E-state index is 0.152. The van der Waals surface area contributed by atoms with Gasteiger partial charge in [0.05, 0.1) is 26.5 Å².